The summed E-state index contributed by atoms with van der Waals surface area (Å²) in [5, 5.41) is 7.41. The first-order valence-corrected chi connectivity index (χ1v) is 6.83. The Kier molecular flexibility index (Phi) is 3.39. The summed E-state index contributed by atoms with van der Waals surface area (Å²) < 4.78 is 0. The molecule has 2 aromatic rings. The molecular formula is C14H13ClN4O2. The number of benzene rings is 1. The molecule has 0 spiro atoms. The van der Waals surface area contributed by atoms with Gasteiger partial charge in [0, 0.05) is 23.6 Å². The largest absolute Gasteiger partial charge is 0.369 e. The van der Waals surface area contributed by atoms with E-state index >= 15 is 0 Å². The number of nitrogens with zero attached hydrogens (tertiary/aromatic N) is 2. The number of H-pyrrole nitrogens is 1. The predicted octanol–water partition coefficient (Wildman–Crippen LogP) is 1.57. The molecule has 6 nitrogen and oxygen atoms in total. The lowest BCUT2D eigenvalue weighted by molar-refractivity contribution is -0.123. The number of halogens is 1. The molecule has 0 bridgehead atoms. The Labute approximate surface area is 125 Å². The van der Waals surface area contributed by atoms with Gasteiger partial charge in [-0.2, -0.15) is 5.10 Å². The van der Waals surface area contributed by atoms with Crippen molar-refractivity contribution in [3.63, 3.8) is 0 Å². The second-order valence-electron chi connectivity index (χ2n) is 4.95. The van der Waals surface area contributed by atoms with Gasteiger partial charge in [0.1, 0.15) is 5.82 Å². The molecular weight excluding hydrogens is 292 g/mol. The third kappa shape index (κ3) is 2.50. The highest BCUT2D eigenvalue weighted by atomic mass is 35.5. The van der Waals surface area contributed by atoms with Crippen molar-refractivity contribution in [3.05, 3.63) is 35.5 Å². The SMILES string of the molecule is NC(=O)C1CC(=O)N(c2[nH]ncc2-c2cccc(Cl)c2)C1. The van der Waals surface area contributed by atoms with E-state index in [1.807, 2.05) is 12.1 Å². The van der Waals surface area contributed by atoms with E-state index < -0.39 is 11.8 Å². The molecule has 1 saturated heterocycles. The Hall–Kier alpha value is -2.34. The van der Waals surface area contributed by atoms with E-state index in [0.717, 1.165) is 11.1 Å². The van der Waals surface area contributed by atoms with Crippen molar-refractivity contribution in [2.45, 2.75) is 6.42 Å². The highest BCUT2D eigenvalue weighted by molar-refractivity contribution is 6.30. The van der Waals surface area contributed by atoms with Crippen LogP contribution in [0.2, 0.25) is 5.02 Å². The van der Waals surface area contributed by atoms with Crippen LogP contribution in [0.15, 0.2) is 30.5 Å². The lowest BCUT2D eigenvalue weighted by Gasteiger charge is -2.16. The molecule has 0 saturated carbocycles. The minimum absolute atomic E-state index is 0.128. The predicted molar refractivity (Wildman–Crippen MR) is 78.7 cm³/mol. The van der Waals surface area contributed by atoms with Gasteiger partial charge in [0.15, 0.2) is 0 Å². The minimum atomic E-state index is -0.465. The second-order valence-corrected chi connectivity index (χ2v) is 5.39. The van der Waals surface area contributed by atoms with E-state index in [4.69, 9.17) is 17.3 Å². The Morgan fingerprint density at radius 2 is 2.29 bits per heavy atom. The zero-order valence-corrected chi connectivity index (χ0v) is 11.8. The lowest BCUT2D eigenvalue weighted by atomic mass is 10.1. The Balaban J connectivity index is 1.96. The van der Waals surface area contributed by atoms with Gasteiger partial charge >= 0.3 is 0 Å². The molecule has 0 aliphatic carbocycles. The molecule has 1 fully saturated rings. The quantitative estimate of drug-likeness (QED) is 0.901. The molecule has 2 amide bonds. The number of carbonyl (C=O) groups is 2. The molecule has 0 radical (unpaired) electrons. The van der Waals surface area contributed by atoms with Crippen molar-refractivity contribution in [1.29, 1.82) is 0 Å². The van der Waals surface area contributed by atoms with E-state index in [1.165, 1.54) is 4.90 Å². The third-order valence-electron chi connectivity index (χ3n) is 3.55. The first-order chi connectivity index (χ1) is 10.1. The average Bonchev–Trinajstić information content (AvgIpc) is 3.04. The van der Waals surface area contributed by atoms with Crippen LogP contribution in [0, 0.1) is 5.92 Å². The summed E-state index contributed by atoms with van der Waals surface area (Å²) in [6.07, 6.45) is 1.76. The van der Waals surface area contributed by atoms with Crippen LogP contribution in [0.25, 0.3) is 11.1 Å². The number of carbonyl (C=O) groups excluding carboxylic acids is 2. The zero-order chi connectivity index (χ0) is 15.0. The molecule has 2 heterocycles. The van der Waals surface area contributed by atoms with Crippen molar-refractivity contribution in [1.82, 2.24) is 10.2 Å². The summed E-state index contributed by atoms with van der Waals surface area (Å²) in [4.78, 5) is 24.9. The Morgan fingerprint density at radius 3 is 2.95 bits per heavy atom. The Bertz CT molecular complexity index is 713. The number of rotatable bonds is 3. The summed E-state index contributed by atoms with van der Waals surface area (Å²) in [6.45, 7) is 0.268. The van der Waals surface area contributed by atoms with Gasteiger partial charge < -0.3 is 5.73 Å². The van der Waals surface area contributed by atoms with E-state index in [0.29, 0.717) is 10.8 Å². The maximum Gasteiger partial charge on any atom is 0.229 e. The number of anilines is 1. The molecule has 7 heteroatoms. The van der Waals surface area contributed by atoms with Crippen LogP contribution < -0.4 is 10.6 Å². The summed E-state index contributed by atoms with van der Waals surface area (Å²) in [5.41, 5.74) is 6.89. The van der Waals surface area contributed by atoms with Gasteiger partial charge in [-0.25, -0.2) is 0 Å². The average molecular weight is 305 g/mol. The number of aromatic nitrogens is 2. The third-order valence-corrected chi connectivity index (χ3v) is 3.79. The van der Waals surface area contributed by atoms with Crippen molar-refractivity contribution in [2.24, 2.45) is 11.7 Å². The van der Waals surface area contributed by atoms with Gasteiger partial charge in [0.2, 0.25) is 11.8 Å². The van der Waals surface area contributed by atoms with Gasteiger partial charge in [0.05, 0.1) is 12.1 Å². The summed E-state index contributed by atoms with van der Waals surface area (Å²) >= 11 is 5.99. The van der Waals surface area contributed by atoms with Crippen molar-refractivity contribution < 1.29 is 9.59 Å². The van der Waals surface area contributed by atoms with Crippen LogP contribution in [0.5, 0.6) is 0 Å². The van der Waals surface area contributed by atoms with Crippen molar-refractivity contribution in [3.8, 4) is 11.1 Å². The fraction of sp³-hybridized carbons (Fsp3) is 0.214. The first kappa shape index (κ1) is 13.6. The molecule has 3 N–H and O–H groups in total. The van der Waals surface area contributed by atoms with E-state index in [-0.39, 0.29) is 18.9 Å². The Morgan fingerprint density at radius 1 is 1.48 bits per heavy atom. The molecule has 1 unspecified atom stereocenters. The van der Waals surface area contributed by atoms with Gasteiger partial charge in [-0.3, -0.25) is 19.6 Å². The maximum absolute atomic E-state index is 12.1. The normalized spacial score (nSPS) is 18.2. The van der Waals surface area contributed by atoms with Crippen LogP contribution in [0.1, 0.15) is 6.42 Å². The van der Waals surface area contributed by atoms with Gasteiger partial charge in [-0.1, -0.05) is 23.7 Å². The van der Waals surface area contributed by atoms with Gasteiger partial charge in [-0.15, -0.1) is 0 Å². The highest BCUT2D eigenvalue weighted by Gasteiger charge is 2.35. The topological polar surface area (TPSA) is 92.1 Å². The zero-order valence-electron chi connectivity index (χ0n) is 11.0. The molecule has 1 aliphatic heterocycles. The summed E-state index contributed by atoms with van der Waals surface area (Å²) in [7, 11) is 0. The van der Waals surface area contributed by atoms with Crippen LogP contribution in [0.3, 0.4) is 0 Å². The number of primary amides is 1. The fourth-order valence-corrected chi connectivity index (χ4v) is 2.66. The molecule has 21 heavy (non-hydrogen) atoms. The maximum atomic E-state index is 12.1. The number of hydrogen-bond donors (Lipinski definition) is 2. The van der Waals surface area contributed by atoms with Gasteiger partial charge in [0.25, 0.3) is 0 Å². The molecule has 3 rings (SSSR count). The monoisotopic (exact) mass is 304 g/mol. The molecule has 1 aliphatic rings. The molecule has 1 atom stereocenters. The van der Waals surface area contributed by atoms with E-state index in [9.17, 15) is 9.59 Å². The molecule has 1 aromatic carbocycles. The van der Waals surface area contributed by atoms with Crippen molar-refractivity contribution >= 4 is 29.2 Å². The van der Waals surface area contributed by atoms with Crippen LogP contribution in [-0.4, -0.2) is 28.6 Å². The number of nitrogens with two attached hydrogens (primary N) is 1. The summed E-state index contributed by atoms with van der Waals surface area (Å²) in [5.74, 6) is -0.514. The minimum Gasteiger partial charge on any atom is -0.369 e. The number of hydrogen-bond acceptors (Lipinski definition) is 3. The number of amides is 2. The standard InChI is InChI=1S/C14H13ClN4O2/c15-10-3-1-2-8(4-10)11-6-17-18-14(11)19-7-9(13(16)21)5-12(19)20/h1-4,6,9H,5,7H2,(H2,16,21)(H,17,18). The smallest absolute Gasteiger partial charge is 0.229 e. The van der Waals surface area contributed by atoms with Crippen LogP contribution in [-0.2, 0) is 9.59 Å². The second kappa shape index (κ2) is 5.21. The lowest BCUT2D eigenvalue weighted by Crippen LogP contribution is -2.29. The molecule has 108 valence electrons. The van der Waals surface area contributed by atoms with E-state index in [1.54, 1.807) is 18.3 Å². The number of aromatic amines is 1. The summed E-state index contributed by atoms with van der Waals surface area (Å²) in [6, 6.07) is 7.27. The van der Waals surface area contributed by atoms with Crippen LogP contribution >= 0.6 is 11.6 Å². The fourth-order valence-electron chi connectivity index (χ4n) is 2.47. The number of nitrogens with one attached hydrogen (secondary N) is 1. The van der Waals surface area contributed by atoms with Gasteiger partial charge in [-0.05, 0) is 17.7 Å². The van der Waals surface area contributed by atoms with Crippen LogP contribution in [0.4, 0.5) is 5.82 Å². The highest BCUT2D eigenvalue weighted by Crippen LogP contribution is 2.33. The van der Waals surface area contributed by atoms with Crippen molar-refractivity contribution in [2.75, 3.05) is 11.4 Å². The first-order valence-electron chi connectivity index (χ1n) is 6.45. The van der Waals surface area contributed by atoms with E-state index in [2.05, 4.69) is 10.2 Å². The molecule has 1 aromatic heterocycles.